The van der Waals surface area contributed by atoms with Gasteiger partial charge in [-0.05, 0) is 111 Å². The van der Waals surface area contributed by atoms with Gasteiger partial charge in [-0.15, -0.1) is 0 Å². The normalized spacial score (nSPS) is 34.5. The van der Waals surface area contributed by atoms with Gasteiger partial charge in [-0.2, -0.15) is 0 Å². The molecule has 2 aromatic carbocycles. The van der Waals surface area contributed by atoms with E-state index in [9.17, 15) is 18.0 Å². The lowest BCUT2D eigenvalue weighted by atomic mass is 9.63. The highest BCUT2D eigenvalue weighted by molar-refractivity contribution is 7.90. The van der Waals surface area contributed by atoms with Crippen LogP contribution in [0.15, 0.2) is 48.6 Å². The van der Waals surface area contributed by atoms with E-state index >= 15 is 0 Å². The first-order valence-electron chi connectivity index (χ1n) is 20.6. The summed E-state index contributed by atoms with van der Waals surface area (Å²) < 4.78 is 48.3. The van der Waals surface area contributed by atoms with Gasteiger partial charge in [-0.1, -0.05) is 36.7 Å². The van der Waals surface area contributed by atoms with Gasteiger partial charge < -0.3 is 19.1 Å². The first-order valence-corrected chi connectivity index (χ1v) is 22.5. The molecule has 1 amide bonds. The van der Waals surface area contributed by atoms with Gasteiger partial charge in [0.25, 0.3) is 5.91 Å². The van der Waals surface area contributed by atoms with E-state index in [1.807, 2.05) is 32.2 Å². The number of cyclic esters (lactones) is 1. The molecule has 11 nitrogen and oxygen atoms in total. The average Bonchev–Trinajstić information content (AvgIpc) is 3.32. The van der Waals surface area contributed by atoms with Gasteiger partial charge >= 0.3 is 5.97 Å². The molecule has 1 saturated carbocycles. The highest BCUT2D eigenvalue weighted by atomic mass is 35.5. The first-order chi connectivity index (χ1) is 26.9. The van der Waals surface area contributed by atoms with E-state index in [0.29, 0.717) is 49.8 Å². The zero-order valence-corrected chi connectivity index (χ0v) is 34.6. The molecule has 1 N–H and O–H groups in total. The summed E-state index contributed by atoms with van der Waals surface area (Å²) in [7, 11) is -2.15. The van der Waals surface area contributed by atoms with Crippen molar-refractivity contribution in [1.82, 2.24) is 14.5 Å². The van der Waals surface area contributed by atoms with E-state index in [1.165, 1.54) is 11.1 Å². The molecule has 6 aliphatic rings. The minimum Gasteiger partial charge on any atom is -0.490 e. The van der Waals surface area contributed by atoms with Crippen LogP contribution < -0.4 is 14.4 Å². The number of rotatable bonds is 4. The van der Waals surface area contributed by atoms with E-state index in [-0.39, 0.29) is 29.3 Å². The van der Waals surface area contributed by atoms with Gasteiger partial charge in [0.2, 0.25) is 10.0 Å². The lowest BCUT2D eigenvalue weighted by Crippen LogP contribution is -2.60. The summed E-state index contributed by atoms with van der Waals surface area (Å²) in [4.78, 5) is 33.1. The molecule has 0 aromatic heterocycles. The molecule has 8 rings (SSSR count). The first kappa shape index (κ1) is 39.7. The Kier molecular flexibility index (Phi) is 11.2. The standard InChI is InChI=1S/C43H57ClN4O7S/c1-29-6-4-16-43(53-3,27-46-17-19-47(20-18-46)35-14-21-54-40(49)24-35)37-11-8-33(37)25-48-26-42(15-5-7-31-22-34(44)10-12-36(31)42)28-55-39-13-9-32(23-38(39)48)41(50)45-56(51,52)30(29)2/h4,9-10,12-13,16,22-23,29-30,33,35,37H,5-8,11,14-15,17-21,24-28H2,1-3H3,(H,45,50)/b16-4-/t29-,30+,33-,35+,37+,42-,43+/m0/s1. The Bertz CT molecular complexity index is 1950. The van der Waals surface area contributed by atoms with Crippen molar-refractivity contribution in [3.8, 4) is 5.75 Å². The quantitative estimate of drug-likeness (QED) is 0.310. The SMILES string of the molecule is CO[C@@]1(CN2CCN([C@@H]3CCOC(=O)C3)CC2)/C=C\C[C@H](C)[C@@H](C)S(=O)(=O)NC(=O)c2ccc3c(c2)N(C[C@@H]2CC[C@H]21)C[C@@]1(CCCc2cc(Cl)ccc21)CO3. The Labute approximate surface area is 337 Å². The number of esters is 1. The molecule has 4 aliphatic heterocycles. The van der Waals surface area contributed by atoms with Crippen LogP contribution in [0.25, 0.3) is 0 Å². The van der Waals surface area contributed by atoms with E-state index in [1.54, 1.807) is 13.0 Å². The Hall–Kier alpha value is -3.16. The monoisotopic (exact) mass is 808 g/mol. The van der Waals surface area contributed by atoms with Gasteiger partial charge in [0.05, 0.1) is 30.6 Å². The van der Waals surface area contributed by atoms with Crippen LogP contribution in [0.2, 0.25) is 5.02 Å². The number of ether oxygens (including phenoxy) is 3. The number of fused-ring (bicyclic) bond motifs is 4. The Morgan fingerprint density at radius 3 is 2.59 bits per heavy atom. The number of allylic oxidation sites excluding steroid dienone is 1. The molecule has 2 aromatic rings. The molecule has 0 unspecified atom stereocenters. The number of hydrogen-bond donors (Lipinski definition) is 1. The Balaban J connectivity index is 1.14. The number of piperazine rings is 1. The van der Waals surface area contributed by atoms with Crippen molar-refractivity contribution in [3.63, 3.8) is 0 Å². The summed E-state index contributed by atoms with van der Waals surface area (Å²) in [6.07, 6.45) is 11.2. The molecule has 7 atom stereocenters. The topological polar surface area (TPSA) is 118 Å². The number of carbonyl (C=O) groups is 2. The summed E-state index contributed by atoms with van der Waals surface area (Å²) in [6.45, 7) is 10.3. The van der Waals surface area contributed by atoms with Crippen molar-refractivity contribution in [2.24, 2.45) is 17.8 Å². The van der Waals surface area contributed by atoms with E-state index < -0.39 is 26.8 Å². The molecule has 2 aliphatic carbocycles. The zero-order valence-electron chi connectivity index (χ0n) is 33.0. The lowest BCUT2D eigenvalue weighted by Gasteiger charge is -2.52. The number of benzene rings is 2. The number of aryl methyl sites for hydroxylation is 1. The molecule has 56 heavy (non-hydrogen) atoms. The Morgan fingerprint density at radius 2 is 1.84 bits per heavy atom. The maximum atomic E-state index is 13.7. The fourth-order valence-corrected chi connectivity index (χ4v) is 11.9. The number of amides is 1. The van der Waals surface area contributed by atoms with Crippen LogP contribution in [0.3, 0.4) is 0 Å². The molecular formula is C43H57ClN4O7S. The molecule has 304 valence electrons. The molecule has 4 heterocycles. The van der Waals surface area contributed by atoms with Gasteiger partial charge in [0.1, 0.15) is 11.4 Å². The second-order valence-corrected chi connectivity index (χ2v) is 19.8. The molecule has 1 spiro atoms. The van der Waals surface area contributed by atoms with Gasteiger partial charge in [0, 0.05) is 75.0 Å². The molecule has 0 radical (unpaired) electrons. The largest absolute Gasteiger partial charge is 0.490 e. The van der Waals surface area contributed by atoms with Crippen LogP contribution in [0.4, 0.5) is 5.69 Å². The van der Waals surface area contributed by atoms with Crippen LogP contribution in [-0.4, -0.2) is 113 Å². The maximum Gasteiger partial charge on any atom is 0.307 e. The predicted molar refractivity (Wildman–Crippen MR) is 217 cm³/mol. The maximum absolute atomic E-state index is 13.7. The molecule has 2 bridgehead atoms. The lowest BCUT2D eigenvalue weighted by molar-refractivity contribution is -0.150. The highest BCUT2D eigenvalue weighted by Crippen LogP contribution is 2.49. The number of anilines is 1. The predicted octanol–water partition coefficient (Wildman–Crippen LogP) is 5.59. The van der Waals surface area contributed by atoms with Crippen LogP contribution in [0.5, 0.6) is 5.75 Å². The van der Waals surface area contributed by atoms with Gasteiger partial charge in [-0.3, -0.25) is 19.4 Å². The van der Waals surface area contributed by atoms with Crippen LogP contribution in [-0.2, 0) is 36.1 Å². The number of methoxy groups -OCH3 is 1. The summed E-state index contributed by atoms with van der Waals surface area (Å²) >= 11 is 6.51. The van der Waals surface area contributed by atoms with Crippen LogP contribution in [0, 0.1) is 17.8 Å². The number of sulfonamides is 1. The van der Waals surface area contributed by atoms with Gasteiger partial charge in [-0.25, -0.2) is 13.1 Å². The van der Waals surface area contributed by atoms with E-state index in [0.717, 1.165) is 88.5 Å². The number of nitrogens with one attached hydrogen (secondary N) is 1. The number of hydrogen-bond acceptors (Lipinski definition) is 10. The second kappa shape index (κ2) is 15.9. The van der Waals surface area contributed by atoms with Crippen molar-refractivity contribution in [2.75, 3.05) is 71.0 Å². The van der Waals surface area contributed by atoms with E-state index in [2.05, 4.69) is 43.7 Å². The third-order valence-electron chi connectivity index (χ3n) is 14.1. The molecule has 2 saturated heterocycles. The Morgan fingerprint density at radius 1 is 1.02 bits per heavy atom. The van der Waals surface area contributed by atoms with Crippen molar-refractivity contribution in [2.45, 2.75) is 87.5 Å². The number of carbonyl (C=O) groups excluding carboxylic acids is 2. The molecule has 3 fully saturated rings. The van der Waals surface area contributed by atoms with Crippen LogP contribution in [0.1, 0.15) is 80.3 Å². The summed E-state index contributed by atoms with van der Waals surface area (Å²) in [6, 6.07) is 11.8. The highest BCUT2D eigenvalue weighted by Gasteiger charge is 2.50. The second-order valence-electron chi connectivity index (χ2n) is 17.4. The summed E-state index contributed by atoms with van der Waals surface area (Å²) in [5.41, 5.74) is 2.75. The third kappa shape index (κ3) is 7.73. The van der Waals surface area contributed by atoms with Crippen molar-refractivity contribution < 1.29 is 32.2 Å². The average molecular weight is 809 g/mol. The number of nitrogens with zero attached hydrogens (tertiary/aromatic N) is 3. The zero-order chi connectivity index (χ0) is 39.2. The summed E-state index contributed by atoms with van der Waals surface area (Å²) in [5, 5.41) is -0.0673. The number of halogens is 1. The third-order valence-corrected chi connectivity index (χ3v) is 16.3. The van der Waals surface area contributed by atoms with Crippen LogP contribution >= 0.6 is 11.6 Å². The summed E-state index contributed by atoms with van der Waals surface area (Å²) in [5.74, 6) is 0.227. The van der Waals surface area contributed by atoms with Crippen molar-refractivity contribution in [1.29, 1.82) is 0 Å². The fourth-order valence-electron chi connectivity index (χ4n) is 10.4. The van der Waals surface area contributed by atoms with Crippen molar-refractivity contribution in [3.05, 3.63) is 70.3 Å². The van der Waals surface area contributed by atoms with E-state index in [4.69, 9.17) is 25.8 Å². The minimum atomic E-state index is -3.98. The molecular weight excluding hydrogens is 752 g/mol. The smallest absolute Gasteiger partial charge is 0.307 e. The van der Waals surface area contributed by atoms with Crippen molar-refractivity contribution >= 4 is 39.2 Å². The fraction of sp³-hybridized carbons (Fsp3) is 0.628. The minimum absolute atomic E-state index is 0.106. The van der Waals surface area contributed by atoms with Gasteiger partial charge in [0.15, 0.2) is 0 Å². The molecule has 13 heteroatoms.